The van der Waals surface area contributed by atoms with Crippen LogP contribution in [0.5, 0.6) is 34.5 Å². The molecule has 4 unspecified atom stereocenters. The monoisotopic (exact) mass is 856 g/mol. The Balaban J connectivity index is 1.43. The van der Waals surface area contributed by atoms with Crippen molar-refractivity contribution < 1.29 is 38.3 Å². The highest BCUT2D eigenvalue weighted by Crippen LogP contribution is 2.54. The summed E-state index contributed by atoms with van der Waals surface area (Å²) >= 11 is 0. The van der Waals surface area contributed by atoms with Gasteiger partial charge in [-0.3, -0.25) is 9.74 Å². The topological polar surface area (TPSA) is 119 Å². The van der Waals surface area contributed by atoms with Crippen molar-refractivity contribution in [2.45, 2.75) is 115 Å². The van der Waals surface area contributed by atoms with Crippen LogP contribution in [0, 0.1) is 20.4 Å². The molecule has 3 N–H and O–H groups in total. The zero-order valence-corrected chi connectivity index (χ0v) is 39.3. The molecule has 3 aliphatic heterocycles. The predicted molar refractivity (Wildman–Crippen MR) is 243 cm³/mol. The summed E-state index contributed by atoms with van der Waals surface area (Å²) in [6.45, 7) is 26.4. The lowest BCUT2D eigenvalue weighted by Crippen LogP contribution is -2.60. The minimum Gasteiger partial charge on any atom is -0.504 e. The summed E-state index contributed by atoms with van der Waals surface area (Å²) in [5.41, 5.74) is 6.49. The third-order valence-corrected chi connectivity index (χ3v) is 19.4. The van der Waals surface area contributed by atoms with Gasteiger partial charge in [0, 0.05) is 65.5 Å². The van der Waals surface area contributed by atoms with Crippen LogP contribution in [0.4, 0.5) is 0 Å². The largest absolute Gasteiger partial charge is 0.504 e. The molecule has 3 heterocycles. The number of methoxy groups -OCH3 is 4. The van der Waals surface area contributed by atoms with E-state index < -0.39 is 26.6 Å². The van der Waals surface area contributed by atoms with Crippen molar-refractivity contribution in [3.05, 3.63) is 86.8 Å². The van der Waals surface area contributed by atoms with E-state index in [2.05, 4.69) is 67.3 Å². The molecule has 6 rings (SSSR count). The molecule has 3 aliphatic rings. The number of phenols is 2. The molecule has 6 atom stereocenters. The number of hydrogen-bond donors (Lipinski definition) is 3. The SMILES string of the molecule is [C-]#[N+]C(C1Cc2c(OC)c(C)c(OC)c(O)c2C(C2Cc3c(OC)c(C)c(OC)c(O)c3[C@H](C=Cc3ccccc3)N2)N1C)N1CCO[C@@H](CCO[Si](C)(C(C)C)C(C)C)C1. The van der Waals surface area contributed by atoms with Crippen molar-refractivity contribution in [2.75, 3.05) is 61.8 Å². The van der Waals surface area contributed by atoms with Gasteiger partial charge in [0.25, 0.3) is 6.17 Å². The number of nitrogens with zero attached hydrogens (tertiary/aromatic N) is 3. The van der Waals surface area contributed by atoms with Crippen LogP contribution in [0.1, 0.15) is 85.1 Å². The molecule has 13 heteroatoms. The van der Waals surface area contributed by atoms with E-state index in [0.29, 0.717) is 95.5 Å². The number of likely N-dealkylation sites (N-methyl/N-ethyl adjacent to an activating group) is 1. The Morgan fingerprint density at radius 1 is 0.885 bits per heavy atom. The molecular formula is C48H68N4O8Si. The van der Waals surface area contributed by atoms with E-state index in [1.165, 1.54) is 0 Å². The summed E-state index contributed by atoms with van der Waals surface area (Å²) in [5, 5.41) is 28.1. The fourth-order valence-corrected chi connectivity index (χ4v) is 12.7. The Bertz CT molecular complexity index is 2080. The van der Waals surface area contributed by atoms with Crippen molar-refractivity contribution in [2.24, 2.45) is 0 Å². The van der Waals surface area contributed by atoms with Gasteiger partial charge >= 0.3 is 0 Å². The Hall–Kier alpha value is -4.29. The third kappa shape index (κ3) is 8.72. The summed E-state index contributed by atoms with van der Waals surface area (Å²) in [6.07, 6.45) is 5.17. The van der Waals surface area contributed by atoms with Crippen LogP contribution in [0.25, 0.3) is 10.9 Å². The van der Waals surface area contributed by atoms with Crippen molar-refractivity contribution in [1.82, 2.24) is 15.1 Å². The number of ether oxygens (including phenoxy) is 5. The normalized spacial score (nSPS) is 22.8. The van der Waals surface area contributed by atoms with E-state index in [0.717, 1.165) is 23.1 Å². The number of morpholine rings is 1. The second-order valence-electron chi connectivity index (χ2n) is 17.6. The number of phenolic OH excluding ortho intramolecular Hbond substituents is 2. The molecule has 0 spiro atoms. The number of rotatable bonds is 15. The van der Waals surface area contributed by atoms with Gasteiger partial charge in [-0.2, -0.15) is 0 Å². The molecule has 0 bridgehead atoms. The second-order valence-corrected chi connectivity index (χ2v) is 22.6. The molecule has 332 valence electrons. The summed E-state index contributed by atoms with van der Waals surface area (Å²) in [7, 11) is 6.54. The Morgan fingerprint density at radius 2 is 1.46 bits per heavy atom. The smallest absolute Gasteiger partial charge is 0.295 e. The van der Waals surface area contributed by atoms with E-state index in [1.54, 1.807) is 28.4 Å². The predicted octanol–water partition coefficient (Wildman–Crippen LogP) is 8.36. The highest BCUT2D eigenvalue weighted by atomic mass is 28.4. The molecule has 1 fully saturated rings. The summed E-state index contributed by atoms with van der Waals surface area (Å²) < 4.78 is 36.9. The van der Waals surface area contributed by atoms with E-state index in [-0.39, 0.29) is 29.7 Å². The summed E-state index contributed by atoms with van der Waals surface area (Å²) in [5.74, 6) is 2.11. The standard InChI is InChI=1S/C48H68N4O8Si/c1-28(2)61(13,29(3)4)60-23-21-33-27-52(22-24-59-33)48(49-7)38-26-35-40(43(54)47(58-12)31(6)45(35)56-10)41(51(38)8)37-25-34-39(42(53)46(57-11)30(5)44(34)55-9)36(50-37)20-19-32-17-15-14-16-18-32/h14-20,28-29,33,36-38,41,48,50,53-54H,21-27H2,1-6,8-13H3/t33-,36-,37?,38?,41?,48?/m0/s1. The minimum absolute atomic E-state index is 0.0555. The van der Waals surface area contributed by atoms with Crippen LogP contribution < -0.4 is 24.3 Å². The van der Waals surface area contributed by atoms with Crippen LogP contribution in [-0.4, -0.2) is 114 Å². The van der Waals surface area contributed by atoms with Crippen LogP contribution >= 0.6 is 0 Å². The van der Waals surface area contributed by atoms with E-state index in [4.69, 9.17) is 34.7 Å². The van der Waals surface area contributed by atoms with Crippen LogP contribution in [0.2, 0.25) is 17.6 Å². The molecule has 0 aromatic heterocycles. The van der Waals surface area contributed by atoms with Gasteiger partial charge < -0.3 is 43.6 Å². The fraction of sp³-hybridized carbons (Fsp3) is 0.562. The zero-order chi connectivity index (χ0) is 44.3. The average Bonchev–Trinajstić information content (AvgIpc) is 3.24. The summed E-state index contributed by atoms with van der Waals surface area (Å²) in [4.78, 5) is 8.92. The first-order chi connectivity index (χ1) is 29.2. The van der Waals surface area contributed by atoms with E-state index in [1.807, 2.05) is 50.3 Å². The van der Waals surface area contributed by atoms with Crippen LogP contribution in [0.15, 0.2) is 36.4 Å². The number of hydrogen-bond acceptors (Lipinski definition) is 11. The maximum absolute atomic E-state index is 12.3. The quantitative estimate of drug-likeness (QED) is 0.101. The van der Waals surface area contributed by atoms with Gasteiger partial charge in [0.05, 0.1) is 53.2 Å². The lowest BCUT2D eigenvalue weighted by molar-refractivity contribution is -0.0599. The van der Waals surface area contributed by atoms with E-state index in [9.17, 15) is 10.2 Å². The number of aromatic hydroxyl groups is 2. The summed E-state index contributed by atoms with van der Waals surface area (Å²) in [6, 6.07) is 8.43. The fourth-order valence-electron chi connectivity index (χ4n) is 10.2. The van der Waals surface area contributed by atoms with Crippen molar-refractivity contribution in [3.8, 4) is 34.5 Å². The molecule has 3 aromatic carbocycles. The minimum atomic E-state index is -1.92. The van der Waals surface area contributed by atoms with Gasteiger partial charge in [-0.05, 0) is 56.9 Å². The van der Waals surface area contributed by atoms with Crippen molar-refractivity contribution in [1.29, 1.82) is 0 Å². The van der Waals surface area contributed by atoms with Gasteiger partial charge in [0.1, 0.15) is 17.5 Å². The van der Waals surface area contributed by atoms with Crippen LogP contribution in [0.3, 0.4) is 0 Å². The molecular weight excluding hydrogens is 789 g/mol. The maximum Gasteiger partial charge on any atom is 0.295 e. The third-order valence-electron chi connectivity index (χ3n) is 13.9. The van der Waals surface area contributed by atoms with Crippen molar-refractivity contribution >= 4 is 14.4 Å². The highest BCUT2D eigenvalue weighted by Gasteiger charge is 2.50. The maximum atomic E-state index is 12.3. The van der Waals surface area contributed by atoms with Gasteiger partial charge in [0.15, 0.2) is 31.3 Å². The van der Waals surface area contributed by atoms with Gasteiger partial charge in [0.2, 0.25) is 0 Å². The Labute approximate surface area is 364 Å². The number of nitrogens with one attached hydrogen (secondary N) is 1. The second kappa shape index (κ2) is 19.4. The first-order valence-electron chi connectivity index (χ1n) is 21.7. The lowest BCUT2D eigenvalue weighted by Gasteiger charge is -2.49. The average molecular weight is 857 g/mol. The zero-order valence-electron chi connectivity index (χ0n) is 38.3. The highest BCUT2D eigenvalue weighted by molar-refractivity contribution is 6.75. The molecule has 0 radical (unpaired) electrons. The molecule has 0 amide bonds. The molecule has 61 heavy (non-hydrogen) atoms. The van der Waals surface area contributed by atoms with Crippen LogP contribution in [-0.2, 0) is 22.0 Å². The number of benzene rings is 3. The van der Waals surface area contributed by atoms with Gasteiger partial charge in [-0.1, -0.05) is 70.2 Å². The van der Waals surface area contributed by atoms with Crippen molar-refractivity contribution in [3.63, 3.8) is 0 Å². The van der Waals surface area contributed by atoms with Gasteiger partial charge in [-0.25, -0.2) is 11.5 Å². The molecule has 12 nitrogen and oxygen atoms in total. The lowest BCUT2D eigenvalue weighted by atomic mass is 9.77. The van der Waals surface area contributed by atoms with Gasteiger partial charge in [-0.15, -0.1) is 0 Å². The Morgan fingerprint density at radius 3 is 2.02 bits per heavy atom. The molecule has 0 saturated carbocycles. The molecule has 3 aromatic rings. The first-order valence-corrected chi connectivity index (χ1v) is 24.2. The number of fused-ring (bicyclic) bond motifs is 2. The molecule has 1 saturated heterocycles. The van der Waals surface area contributed by atoms with E-state index >= 15 is 0 Å². The Kier molecular flexibility index (Phi) is 14.7. The molecule has 0 aliphatic carbocycles. The first kappa shape index (κ1) is 46.2.